The van der Waals surface area contributed by atoms with Gasteiger partial charge in [-0.05, 0) is 25.2 Å². The third-order valence-electron chi connectivity index (χ3n) is 3.25. The average Bonchev–Trinajstić information content (AvgIpc) is 2.36. The summed E-state index contributed by atoms with van der Waals surface area (Å²) in [7, 11) is 2.07. The molecular formula is C13H19FN4O. The van der Waals surface area contributed by atoms with Crippen LogP contribution < -0.4 is 11.1 Å². The molecule has 0 bridgehead atoms. The second-order valence-corrected chi connectivity index (χ2v) is 4.86. The van der Waals surface area contributed by atoms with Crippen LogP contribution in [0.4, 0.5) is 15.8 Å². The SMILES string of the molecule is CN1CCN(CC(=O)Nc2ccc(F)cc2N)CC1. The molecule has 1 amide bonds. The quantitative estimate of drug-likeness (QED) is 0.786. The molecular weight excluding hydrogens is 247 g/mol. The number of carbonyl (C=O) groups is 1. The Morgan fingerprint density at radius 1 is 1.37 bits per heavy atom. The lowest BCUT2D eigenvalue weighted by molar-refractivity contribution is -0.117. The number of carbonyl (C=O) groups excluding carboxylic acids is 1. The van der Waals surface area contributed by atoms with Crippen molar-refractivity contribution >= 4 is 17.3 Å². The fourth-order valence-electron chi connectivity index (χ4n) is 2.05. The van der Waals surface area contributed by atoms with E-state index in [0.29, 0.717) is 12.2 Å². The van der Waals surface area contributed by atoms with Gasteiger partial charge in [0.1, 0.15) is 5.82 Å². The number of nitrogen functional groups attached to an aromatic ring is 1. The van der Waals surface area contributed by atoms with Crippen molar-refractivity contribution in [2.24, 2.45) is 0 Å². The molecule has 3 N–H and O–H groups in total. The van der Waals surface area contributed by atoms with Crippen molar-refractivity contribution in [1.29, 1.82) is 0 Å². The Morgan fingerprint density at radius 2 is 2.05 bits per heavy atom. The van der Waals surface area contributed by atoms with Crippen LogP contribution in [0.15, 0.2) is 18.2 Å². The first-order valence-electron chi connectivity index (χ1n) is 6.30. The third kappa shape index (κ3) is 3.90. The summed E-state index contributed by atoms with van der Waals surface area (Å²) in [6.45, 7) is 4.02. The van der Waals surface area contributed by atoms with Crippen LogP contribution in [0, 0.1) is 5.82 Å². The maximum Gasteiger partial charge on any atom is 0.238 e. The van der Waals surface area contributed by atoms with Crippen molar-refractivity contribution in [2.45, 2.75) is 0 Å². The third-order valence-corrected chi connectivity index (χ3v) is 3.25. The Labute approximate surface area is 112 Å². The summed E-state index contributed by atoms with van der Waals surface area (Å²) < 4.78 is 12.9. The number of nitrogens with one attached hydrogen (secondary N) is 1. The standard InChI is InChI=1S/C13H19FN4O/c1-17-4-6-18(7-5-17)9-13(19)16-12-3-2-10(14)8-11(12)15/h2-3,8H,4-7,9,15H2,1H3,(H,16,19). The first-order chi connectivity index (χ1) is 9.04. The fourth-order valence-corrected chi connectivity index (χ4v) is 2.05. The number of amides is 1. The van der Waals surface area contributed by atoms with Gasteiger partial charge in [0.05, 0.1) is 17.9 Å². The minimum absolute atomic E-state index is 0.122. The molecule has 0 aliphatic carbocycles. The second kappa shape index (κ2) is 5.99. The molecule has 0 unspecified atom stereocenters. The van der Waals surface area contributed by atoms with Gasteiger partial charge in [0.2, 0.25) is 5.91 Å². The van der Waals surface area contributed by atoms with Gasteiger partial charge in [0, 0.05) is 26.2 Å². The molecule has 1 aromatic carbocycles. The van der Waals surface area contributed by atoms with Gasteiger partial charge in [-0.25, -0.2) is 4.39 Å². The molecule has 1 saturated heterocycles. The van der Waals surface area contributed by atoms with Gasteiger partial charge in [-0.1, -0.05) is 0 Å². The predicted molar refractivity (Wildman–Crippen MR) is 73.4 cm³/mol. The first kappa shape index (κ1) is 13.8. The van der Waals surface area contributed by atoms with E-state index in [2.05, 4.69) is 22.2 Å². The highest BCUT2D eigenvalue weighted by Gasteiger charge is 2.16. The summed E-state index contributed by atoms with van der Waals surface area (Å²) in [4.78, 5) is 16.2. The molecule has 0 aromatic heterocycles. The molecule has 0 radical (unpaired) electrons. The van der Waals surface area contributed by atoms with Crippen LogP contribution in [0.25, 0.3) is 0 Å². The molecule has 0 atom stereocenters. The number of hydrogen-bond donors (Lipinski definition) is 2. The predicted octanol–water partition coefficient (Wildman–Crippen LogP) is 0.594. The van der Waals surface area contributed by atoms with Gasteiger partial charge in [-0.15, -0.1) is 0 Å². The van der Waals surface area contributed by atoms with E-state index in [1.165, 1.54) is 18.2 Å². The normalized spacial score (nSPS) is 17.4. The van der Waals surface area contributed by atoms with Crippen molar-refractivity contribution in [3.63, 3.8) is 0 Å². The lowest BCUT2D eigenvalue weighted by Crippen LogP contribution is -2.47. The highest BCUT2D eigenvalue weighted by atomic mass is 19.1. The summed E-state index contributed by atoms with van der Waals surface area (Å²) >= 11 is 0. The summed E-state index contributed by atoms with van der Waals surface area (Å²) in [5, 5.41) is 2.71. The number of halogens is 1. The monoisotopic (exact) mass is 266 g/mol. The summed E-state index contributed by atoms with van der Waals surface area (Å²) in [5.74, 6) is -0.530. The minimum Gasteiger partial charge on any atom is -0.397 e. The van der Waals surface area contributed by atoms with E-state index in [1.807, 2.05) is 0 Å². The van der Waals surface area contributed by atoms with Crippen LogP contribution in [0.3, 0.4) is 0 Å². The van der Waals surface area contributed by atoms with Crippen molar-refractivity contribution in [2.75, 3.05) is 50.8 Å². The van der Waals surface area contributed by atoms with Crippen molar-refractivity contribution in [3.8, 4) is 0 Å². The molecule has 2 rings (SSSR count). The molecule has 1 fully saturated rings. The van der Waals surface area contributed by atoms with Gasteiger partial charge >= 0.3 is 0 Å². The van der Waals surface area contributed by atoms with Gasteiger partial charge < -0.3 is 16.0 Å². The van der Waals surface area contributed by atoms with Crippen LogP contribution in [0.1, 0.15) is 0 Å². The van der Waals surface area contributed by atoms with E-state index in [0.717, 1.165) is 26.2 Å². The number of likely N-dealkylation sites (N-methyl/N-ethyl adjacent to an activating group) is 1. The van der Waals surface area contributed by atoms with Crippen molar-refractivity contribution in [3.05, 3.63) is 24.0 Å². The largest absolute Gasteiger partial charge is 0.397 e. The van der Waals surface area contributed by atoms with E-state index in [4.69, 9.17) is 5.73 Å². The maximum absolute atomic E-state index is 12.9. The highest BCUT2D eigenvalue weighted by molar-refractivity contribution is 5.95. The Morgan fingerprint density at radius 3 is 2.68 bits per heavy atom. The molecule has 1 aliphatic rings. The zero-order valence-corrected chi connectivity index (χ0v) is 11.0. The zero-order chi connectivity index (χ0) is 13.8. The summed E-state index contributed by atoms with van der Waals surface area (Å²) in [6, 6.07) is 3.96. The molecule has 19 heavy (non-hydrogen) atoms. The molecule has 5 nitrogen and oxygen atoms in total. The number of hydrogen-bond acceptors (Lipinski definition) is 4. The van der Waals surface area contributed by atoms with Crippen molar-refractivity contribution < 1.29 is 9.18 Å². The minimum atomic E-state index is -0.408. The molecule has 0 saturated carbocycles. The fraction of sp³-hybridized carbons (Fsp3) is 0.462. The van der Waals surface area contributed by atoms with Gasteiger partial charge in [0.25, 0.3) is 0 Å². The van der Waals surface area contributed by atoms with Crippen LogP contribution in [0.2, 0.25) is 0 Å². The molecule has 6 heteroatoms. The smallest absolute Gasteiger partial charge is 0.238 e. The van der Waals surface area contributed by atoms with Crippen LogP contribution in [-0.4, -0.2) is 55.5 Å². The number of rotatable bonds is 3. The average molecular weight is 266 g/mol. The molecule has 1 heterocycles. The van der Waals surface area contributed by atoms with E-state index in [9.17, 15) is 9.18 Å². The Balaban J connectivity index is 1.87. The Bertz CT molecular complexity index is 458. The van der Waals surface area contributed by atoms with E-state index in [-0.39, 0.29) is 11.6 Å². The molecule has 0 spiro atoms. The van der Waals surface area contributed by atoms with E-state index < -0.39 is 5.82 Å². The maximum atomic E-state index is 12.9. The number of nitrogens with two attached hydrogens (primary N) is 1. The zero-order valence-electron chi connectivity index (χ0n) is 11.0. The number of anilines is 2. The summed E-state index contributed by atoms with van der Waals surface area (Å²) in [5.41, 5.74) is 6.35. The van der Waals surface area contributed by atoms with Crippen LogP contribution in [0.5, 0.6) is 0 Å². The molecule has 1 aliphatic heterocycles. The topological polar surface area (TPSA) is 61.6 Å². The van der Waals surface area contributed by atoms with Crippen LogP contribution in [-0.2, 0) is 4.79 Å². The van der Waals surface area contributed by atoms with Gasteiger partial charge in [0.15, 0.2) is 0 Å². The first-order valence-corrected chi connectivity index (χ1v) is 6.30. The lowest BCUT2D eigenvalue weighted by atomic mass is 10.2. The van der Waals surface area contributed by atoms with E-state index in [1.54, 1.807) is 0 Å². The van der Waals surface area contributed by atoms with Gasteiger partial charge in [-0.3, -0.25) is 9.69 Å². The summed E-state index contributed by atoms with van der Waals surface area (Å²) in [6.07, 6.45) is 0. The van der Waals surface area contributed by atoms with E-state index >= 15 is 0 Å². The molecule has 1 aromatic rings. The number of benzene rings is 1. The Hall–Kier alpha value is -1.66. The molecule has 104 valence electrons. The Kier molecular flexibility index (Phi) is 4.34. The highest BCUT2D eigenvalue weighted by Crippen LogP contribution is 2.18. The number of nitrogens with zero attached hydrogens (tertiary/aromatic N) is 2. The number of piperazine rings is 1. The second-order valence-electron chi connectivity index (χ2n) is 4.86. The van der Waals surface area contributed by atoms with Gasteiger partial charge in [-0.2, -0.15) is 0 Å². The lowest BCUT2D eigenvalue weighted by Gasteiger charge is -2.31. The van der Waals surface area contributed by atoms with Crippen LogP contribution >= 0.6 is 0 Å². The van der Waals surface area contributed by atoms with Crippen molar-refractivity contribution in [1.82, 2.24) is 9.80 Å².